The highest BCUT2D eigenvalue weighted by Gasteiger charge is 2.22. The quantitative estimate of drug-likeness (QED) is 0.708. The first-order valence-electron chi connectivity index (χ1n) is 4.72. The number of rotatable bonds is 1. The van der Waals surface area contributed by atoms with Crippen molar-refractivity contribution in [3.05, 3.63) is 29.3 Å². The molecule has 0 spiro atoms. The molecule has 1 aromatic rings. The van der Waals surface area contributed by atoms with Gasteiger partial charge in [0, 0.05) is 12.6 Å². The lowest BCUT2D eigenvalue weighted by atomic mass is 10.1. The van der Waals surface area contributed by atoms with E-state index < -0.39 is 0 Å². The van der Waals surface area contributed by atoms with E-state index in [1.54, 1.807) is 0 Å². The van der Waals surface area contributed by atoms with Gasteiger partial charge in [-0.05, 0) is 30.0 Å². The highest BCUT2D eigenvalue weighted by atomic mass is 35.5. The van der Waals surface area contributed by atoms with Crippen LogP contribution in [0.5, 0.6) is 0 Å². The smallest absolute Gasteiger partial charge is 0.221 e. The SMILES string of the molecule is CC(=O)Nc1cccc2c1CCC2Cl. The maximum Gasteiger partial charge on any atom is 0.221 e. The summed E-state index contributed by atoms with van der Waals surface area (Å²) in [6.45, 7) is 1.52. The van der Waals surface area contributed by atoms with E-state index >= 15 is 0 Å². The predicted molar refractivity (Wildman–Crippen MR) is 57.7 cm³/mol. The maximum atomic E-state index is 11.0. The first-order valence-corrected chi connectivity index (χ1v) is 5.15. The van der Waals surface area contributed by atoms with Gasteiger partial charge >= 0.3 is 0 Å². The molecule has 14 heavy (non-hydrogen) atoms. The molecule has 0 aromatic heterocycles. The summed E-state index contributed by atoms with van der Waals surface area (Å²) < 4.78 is 0. The van der Waals surface area contributed by atoms with Crippen LogP contribution in [0.2, 0.25) is 0 Å². The number of hydrogen-bond donors (Lipinski definition) is 1. The van der Waals surface area contributed by atoms with Gasteiger partial charge in [0.15, 0.2) is 0 Å². The Hall–Kier alpha value is -1.02. The van der Waals surface area contributed by atoms with Crippen molar-refractivity contribution in [1.82, 2.24) is 0 Å². The van der Waals surface area contributed by atoms with Crippen LogP contribution in [0.1, 0.15) is 29.8 Å². The molecule has 0 fully saturated rings. The van der Waals surface area contributed by atoms with Gasteiger partial charge in [-0.3, -0.25) is 4.79 Å². The number of carbonyl (C=O) groups excluding carboxylic acids is 1. The van der Waals surface area contributed by atoms with Gasteiger partial charge in [-0.1, -0.05) is 12.1 Å². The molecule has 1 aliphatic carbocycles. The van der Waals surface area contributed by atoms with Crippen molar-refractivity contribution in [3.63, 3.8) is 0 Å². The van der Waals surface area contributed by atoms with Crippen LogP contribution in [-0.2, 0) is 11.2 Å². The molecular formula is C11H12ClNO. The number of carbonyl (C=O) groups is 1. The summed E-state index contributed by atoms with van der Waals surface area (Å²) in [5, 5.41) is 2.94. The van der Waals surface area contributed by atoms with Crippen LogP contribution in [0, 0.1) is 0 Å². The molecule has 0 bridgehead atoms. The summed E-state index contributed by atoms with van der Waals surface area (Å²) in [5.74, 6) is -0.0311. The first-order chi connectivity index (χ1) is 6.68. The Morgan fingerprint density at radius 2 is 2.36 bits per heavy atom. The number of halogens is 1. The summed E-state index contributed by atoms with van der Waals surface area (Å²) in [5.41, 5.74) is 3.28. The third kappa shape index (κ3) is 1.62. The molecule has 1 aliphatic rings. The predicted octanol–water partition coefficient (Wildman–Crippen LogP) is 2.87. The lowest BCUT2D eigenvalue weighted by molar-refractivity contribution is -0.114. The van der Waals surface area contributed by atoms with Gasteiger partial charge in [-0.25, -0.2) is 0 Å². The third-order valence-electron chi connectivity index (χ3n) is 2.51. The van der Waals surface area contributed by atoms with E-state index in [2.05, 4.69) is 5.32 Å². The molecule has 1 atom stereocenters. The van der Waals surface area contributed by atoms with E-state index in [9.17, 15) is 4.79 Å². The first kappa shape index (κ1) is 9.53. The minimum Gasteiger partial charge on any atom is -0.326 e. The van der Waals surface area contributed by atoms with Crippen molar-refractivity contribution in [1.29, 1.82) is 0 Å². The molecule has 0 radical (unpaired) electrons. The van der Waals surface area contributed by atoms with Gasteiger partial charge in [0.05, 0.1) is 5.38 Å². The Labute approximate surface area is 88.3 Å². The summed E-state index contributed by atoms with van der Waals surface area (Å²) in [6, 6.07) is 5.89. The number of nitrogens with one attached hydrogen (secondary N) is 1. The van der Waals surface area contributed by atoms with Crippen LogP contribution in [0.4, 0.5) is 5.69 Å². The molecule has 2 rings (SSSR count). The van der Waals surface area contributed by atoms with Gasteiger partial charge in [-0.2, -0.15) is 0 Å². The highest BCUT2D eigenvalue weighted by Crippen LogP contribution is 2.39. The van der Waals surface area contributed by atoms with E-state index in [1.807, 2.05) is 18.2 Å². The summed E-state index contributed by atoms with van der Waals surface area (Å²) in [7, 11) is 0. The molecule has 2 nitrogen and oxygen atoms in total. The van der Waals surface area contributed by atoms with Crippen LogP contribution in [-0.4, -0.2) is 5.91 Å². The minimum atomic E-state index is -0.0311. The zero-order chi connectivity index (χ0) is 10.1. The Morgan fingerprint density at radius 1 is 1.57 bits per heavy atom. The zero-order valence-corrected chi connectivity index (χ0v) is 8.77. The number of alkyl halides is 1. The van der Waals surface area contributed by atoms with Gasteiger partial charge in [0.1, 0.15) is 0 Å². The topological polar surface area (TPSA) is 29.1 Å². The van der Waals surface area contributed by atoms with Crippen molar-refractivity contribution in [2.75, 3.05) is 5.32 Å². The van der Waals surface area contributed by atoms with Crippen molar-refractivity contribution in [3.8, 4) is 0 Å². The second-order valence-electron chi connectivity index (χ2n) is 3.56. The summed E-state index contributed by atoms with van der Waals surface area (Å²) in [6.07, 6.45) is 1.92. The number of anilines is 1. The molecule has 1 N–H and O–H groups in total. The van der Waals surface area contributed by atoms with Crippen LogP contribution in [0.15, 0.2) is 18.2 Å². The molecule has 1 aromatic carbocycles. The number of hydrogen-bond acceptors (Lipinski definition) is 1. The monoisotopic (exact) mass is 209 g/mol. The van der Waals surface area contributed by atoms with Gasteiger partial charge < -0.3 is 5.32 Å². The van der Waals surface area contributed by atoms with E-state index in [0.29, 0.717) is 0 Å². The minimum absolute atomic E-state index is 0.0311. The van der Waals surface area contributed by atoms with Crippen molar-refractivity contribution >= 4 is 23.2 Å². The Morgan fingerprint density at radius 3 is 3.07 bits per heavy atom. The van der Waals surface area contributed by atoms with E-state index in [4.69, 9.17) is 11.6 Å². The summed E-state index contributed by atoms with van der Waals surface area (Å²) in [4.78, 5) is 11.0. The average molecular weight is 210 g/mol. The molecule has 74 valence electrons. The van der Waals surface area contributed by atoms with Gasteiger partial charge in [0.2, 0.25) is 5.91 Å². The van der Waals surface area contributed by atoms with Crippen LogP contribution in [0.25, 0.3) is 0 Å². The van der Waals surface area contributed by atoms with Crippen LogP contribution < -0.4 is 5.32 Å². The highest BCUT2D eigenvalue weighted by molar-refractivity contribution is 6.21. The zero-order valence-electron chi connectivity index (χ0n) is 8.01. The Kier molecular flexibility index (Phi) is 2.46. The molecule has 3 heteroatoms. The fourth-order valence-corrected chi connectivity index (χ4v) is 2.22. The molecule has 1 amide bonds. The van der Waals surface area contributed by atoms with Crippen LogP contribution in [0.3, 0.4) is 0 Å². The molecule has 0 aliphatic heterocycles. The molecular weight excluding hydrogens is 198 g/mol. The summed E-state index contributed by atoms with van der Waals surface area (Å²) >= 11 is 6.14. The Bertz CT molecular complexity index is 376. The second kappa shape index (κ2) is 3.62. The van der Waals surface area contributed by atoms with Crippen LogP contribution >= 0.6 is 11.6 Å². The van der Waals surface area contributed by atoms with E-state index in [-0.39, 0.29) is 11.3 Å². The largest absolute Gasteiger partial charge is 0.326 e. The standard InChI is InChI=1S/C11H12ClNO/c1-7(14)13-11-4-2-3-8-9(11)5-6-10(8)12/h2-4,10H,5-6H2,1H3,(H,13,14). The lowest BCUT2D eigenvalue weighted by Crippen LogP contribution is -2.07. The fourth-order valence-electron chi connectivity index (χ4n) is 1.91. The maximum absolute atomic E-state index is 11.0. The number of benzene rings is 1. The van der Waals surface area contributed by atoms with Crippen molar-refractivity contribution < 1.29 is 4.79 Å². The molecule has 1 unspecified atom stereocenters. The lowest BCUT2D eigenvalue weighted by Gasteiger charge is -2.08. The van der Waals surface area contributed by atoms with E-state index in [1.165, 1.54) is 12.5 Å². The second-order valence-corrected chi connectivity index (χ2v) is 4.09. The van der Waals surface area contributed by atoms with Gasteiger partial charge in [-0.15, -0.1) is 11.6 Å². The fraction of sp³-hybridized carbons (Fsp3) is 0.364. The van der Waals surface area contributed by atoms with Gasteiger partial charge in [0.25, 0.3) is 0 Å². The molecule has 0 heterocycles. The average Bonchev–Trinajstić information content (AvgIpc) is 2.49. The van der Waals surface area contributed by atoms with E-state index in [0.717, 1.165) is 24.1 Å². The van der Waals surface area contributed by atoms with Crippen molar-refractivity contribution in [2.24, 2.45) is 0 Å². The third-order valence-corrected chi connectivity index (χ3v) is 2.96. The molecule has 0 saturated carbocycles. The molecule has 0 saturated heterocycles. The number of amides is 1. The number of fused-ring (bicyclic) bond motifs is 1. The Balaban J connectivity index is 2.39. The van der Waals surface area contributed by atoms with Crippen molar-refractivity contribution in [2.45, 2.75) is 25.1 Å². The normalized spacial score (nSPS) is 19.1.